The quantitative estimate of drug-likeness (QED) is 0.376. The predicted molar refractivity (Wildman–Crippen MR) is 118 cm³/mol. The van der Waals surface area contributed by atoms with E-state index in [9.17, 15) is 14.4 Å². The van der Waals surface area contributed by atoms with Gasteiger partial charge in [0, 0.05) is 24.5 Å². The molecule has 0 unspecified atom stereocenters. The Bertz CT molecular complexity index is 1320. The lowest BCUT2D eigenvalue weighted by molar-refractivity contribution is 0.0696. The Morgan fingerprint density at radius 3 is 2.53 bits per heavy atom. The predicted octanol–water partition coefficient (Wildman–Crippen LogP) is 2.72. The zero-order valence-electron chi connectivity index (χ0n) is 16.7. The van der Waals surface area contributed by atoms with Crippen LogP contribution >= 0.6 is 11.3 Å². The van der Waals surface area contributed by atoms with E-state index >= 15 is 0 Å². The van der Waals surface area contributed by atoms with Gasteiger partial charge in [0.1, 0.15) is 4.83 Å². The average Bonchev–Trinajstić information content (AvgIpc) is 3.22. The van der Waals surface area contributed by atoms with Crippen LogP contribution < -0.4 is 10.9 Å². The number of carboxylic acids is 1. The number of carbonyl (C=O) groups excluding carboxylic acids is 1. The van der Waals surface area contributed by atoms with Crippen molar-refractivity contribution in [2.45, 2.75) is 19.8 Å². The molecule has 10 heteroatoms. The van der Waals surface area contributed by atoms with Gasteiger partial charge in [0.25, 0.3) is 11.5 Å². The van der Waals surface area contributed by atoms with E-state index in [4.69, 9.17) is 9.84 Å². The summed E-state index contributed by atoms with van der Waals surface area (Å²) in [7, 11) is 0. The largest absolute Gasteiger partial charge is 0.478 e. The van der Waals surface area contributed by atoms with Gasteiger partial charge in [-0.15, -0.1) is 11.3 Å². The number of benzene rings is 1. The Hall–Kier alpha value is -3.89. The number of rotatable bonds is 8. The minimum Gasteiger partial charge on any atom is -0.478 e. The van der Waals surface area contributed by atoms with E-state index in [1.807, 2.05) is 0 Å². The minimum absolute atomic E-state index is 0.0515. The molecule has 162 valence electrons. The molecule has 1 aromatic carbocycles. The van der Waals surface area contributed by atoms with Gasteiger partial charge in [-0.25, -0.2) is 9.78 Å². The van der Waals surface area contributed by atoms with Crippen molar-refractivity contribution in [3.05, 3.63) is 92.6 Å². The van der Waals surface area contributed by atoms with E-state index in [2.05, 4.69) is 20.3 Å². The van der Waals surface area contributed by atoms with Crippen molar-refractivity contribution in [1.82, 2.24) is 20.3 Å². The summed E-state index contributed by atoms with van der Waals surface area (Å²) in [5.41, 5.74) is 2.16. The van der Waals surface area contributed by atoms with Crippen molar-refractivity contribution < 1.29 is 19.4 Å². The number of ether oxygens (including phenoxy) is 1. The van der Waals surface area contributed by atoms with E-state index < -0.39 is 17.4 Å². The number of aromatic amines is 1. The maximum Gasteiger partial charge on any atom is 0.335 e. The molecule has 0 saturated heterocycles. The number of hydrogen-bond donors (Lipinski definition) is 3. The normalized spacial score (nSPS) is 10.9. The molecule has 0 saturated carbocycles. The van der Waals surface area contributed by atoms with Crippen molar-refractivity contribution in [2.75, 3.05) is 0 Å². The van der Waals surface area contributed by atoms with Gasteiger partial charge < -0.3 is 20.1 Å². The molecule has 4 rings (SSSR count). The molecule has 0 aliphatic carbocycles. The van der Waals surface area contributed by atoms with Crippen LogP contribution in [0.25, 0.3) is 10.2 Å². The summed E-state index contributed by atoms with van der Waals surface area (Å²) in [5, 5.41) is 13.8. The smallest absolute Gasteiger partial charge is 0.335 e. The molecule has 0 spiro atoms. The molecule has 32 heavy (non-hydrogen) atoms. The second kappa shape index (κ2) is 9.50. The molecule has 1 amide bonds. The molecule has 0 fully saturated rings. The van der Waals surface area contributed by atoms with Crippen LogP contribution in [0.5, 0.6) is 0 Å². The Labute approximate surface area is 185 Å². The van der Waals surface area contributed by atoms with Crippen LogP contribution in [0.2, 0.25) is 0 Å². The lowest BCUT2D eigenvalue weighted by atomic mass is 10.1. The average molecular weight is 450 g/mol. The molecular weight excluding hydrogens is 432 g/mol. The maximum atomic E-state index is 12.6. The molecule has 0 aliphatic rings. The summed E-state index contributed by atoms with van der Waals surface area (Å²) < 4.78 is 5.69. The van der Waals surface area contributed by atoms with E-state index in [1.54, 1.807) is 42.0 Å². The maximum absolute atomic E-state index is 12.6. The summed E-state index contributed by atoms with van der Waals surface area (Å²) in [6.45, 7) is 0.733. The lowest BCUT2D eigenvalue weighted by Gasteiger charge is -2.06. The van der Waals surface area contributed by atoms with Gasteiger partial charge in [-0.1, -0.05) is 12.1 Å². The summed E-state index contributed by atoms with van der Waals surface area (Å²) in [4.78, 5) is 47.1. The number of amides is 1. The highest BCUT2D eigenvalue weighted by molar-refractivity contribution is 7.16. The SMILES string of the molecule is O=C(O)c1ccc(COCc2csc3nc(C(=O)NCc4ccncc4)[nH]c(=O)c23)cc1. The molecule has 4 aromatic rings. The Kier molecular flexibility index (Phi) is 6.34. The number of thiophene rings is 1. The second-order valence-electron chi connectivity index (χ2n) is 6.89. The molecule has 3 N–H and O–H groups in total. The van der Waals surface area contributed by atoms with Gasteiger partial charge >= 0.3 is 5.97 Å². The summed E-state index contributed by atoms with van der Waals surface area (Å²) in [5.74, 6) is -1.51. The topological polar surface area (TPSA) is 134 Å². The number of pyridine rings is 1. The molecule has 3 aromatic heterocycles. The van der Waals surface area contributed by atoms with Gasteiger partial charge in [-0.05, 0) is 40.8 Å². The van der Waals surface area contributed by atoms with E-state index in [1.165, 1.54) is 23.5 Å². The van der Waals surface area contributed by atoms with E-state index in [-0.39, 0.29) is 24.6 Å². The number of fused-ring (bicyclic) bond motifs is 1. The first kappa shape index (κ1) is 21.3. The molecule has 0 radical (unpaired) electrons. The second-order valence-corrected chi connectivity index (χ2v) is 7.75. The van der Waals surface area contributed by atoms with E-state index in [0.717, 1.165) is 11.1 Å². The van der Waals surface area contributed by atoms with Gasteiger partial charge in [0.2, 0.25) is 5.82 Å². The number of carbonyl (C=O) groups is 2. The van der Waals surface area contributed by atoms with Crippen LogP contribution in [0.15, 0.2) is 59.0 Å². The fourth-order valence-electron chi connectivity index (χ4n) is 3.01. The summed E-state index contributed by atoms with van der Waals surface area (Å²) >= 11 is 1.26. The van der Waals surface area contributed by atoms with Crippen LogP contribution in [0.1, 0.15) is 37.7 Å². The third-order valence-corrected chi connectivity index (χ3v) is 5.59. The van der Waals surface area contributed by atoms with Gasteiger partial charge in [-0.3, -0.25) is 14.6 Å². The van der Waals surface area contributed by atoms with Crippen LogP contribution in [0.4, 0.5) is 0 Å². The third kappa shape index (κ3) is 4.88. The zero-order valence-corrected chi connectivity index (χ0v) is 17.5. The first-order valence-corrected chi connectivity index (χ1v) is 10.5. The van der Waals surface area contributed by atoms with Crippen molar-refractivity contribution in [2.24, 2.45) is 0 Å². The Morgan fingerprint density at radius 2 is 1.81 bits per heavy atom. The highest BCUT2D eigenvalue weighted by atomic mass is 32.1. The van der Waals surface area contributed by atoms with Crippen LogP contribution in [0, 0.1) is 0 Å². The summed E-state index contributed by atoms with van der Waals surface area (Å²) in [6, 6.07) is 9.95. The Balaban J connectivity index is 1.41. The van der Waals surface area contributed by atoms with Crippen LogP contribution in [-0.2, 0) is 24.5 Å². The molecule has 9 nitrogen and oxygen atoms in total. The van der Waals surface area contributed by atoms with Gasteiger partial charge in [-0.2, -0.15) is 0 Å². The van der Waals surface area contributed by atoms with Crippen molar-refractivity contribution in [3.8, 4) is 0 Å². The third-order valence-electron chi connectivity index (χ3n) is 4.66. The van der Waals surface area contributed by atoms with Gasteiger partial charge in [0.05, 0.1) is 24.2 Å². The Morgan fingerprint density at radius 1 is 1.06 bits per heavy atom. The van der Waals surface area contributed by atoms with Gasteiger partial charge in [0.15, 0.2) is 0 Å². The van der Waals surface area contributed by atoms with Crippen LogP contribution in [-0.4, -0.2) is 31.9 Å². The molecule has 0 bridgehead atoms. The number of aromatic carboxylic acids is 1. The van der Waals surface area contributed by atoms with Crippen molar-refractivity contribution in [3.63, 3.8) is 0 Å². The molecule has 3 heterocycles. The van der Waals surface area contributed by atoms with Crippen molar-refractivity contribution >= 4 is 33.4 Å². The molecular formula is C22H18N4O5S. The molecule has 0 aliphatic heterocycles. The highest BCUT2D eigenvalue weighted by Gasteiger charge is 2.15. The number of hydrogen-bond acceptors (Lipinski definition) is 7. The molecule has 0 atom stereocenters. The minimum atomic E-state index is -0.987. The number of nitrogens with one attached hydrogen (secondary N) is 2. The standard InChI is InChI=1S/C22H18N4O5S/c27-19-17-16(11-31-10-14-1-3-15(4-2-14)22(29)30)12-32-21(17)26-18(25-19)20(28)24-9-13-5-7-23-8-6-13/h1-8,12H,9-11H2,(H,24,28)(H,29,30)(H,25,26,27). The first-order valence-electron chi connectivity index (χ1n) is 9.59. The highest BCUT2D eigenvalue weighted by Crippen LogP contribution is 2.22. The fourth-order valence-corrected chi connectivity index (χ4v) is 3.94. The number of H-pyrrole nitrogens is 1. The number of aromatic nitrogens is 3. The van der Waals surface area contributed by atoms with E-state index in [0.29, 0.717) is 22.3 Å². The zero-order chi connectivity index (χ0) is 22.5. The fraction of sp³-hybridized carbons (Fsp3) is 0.136. The first-order chi connectivity index (χ1) is 15.5. The van der Waals surface area contributed by atoms with Crippen LogP contribution in [0.3, 0.4) is 0 Å². The number of carboxylic acid groups (broad SMARTS) is 1. The monoisotopic (exact) mass is 450 g/mol. The number of nitrogens with zero attached hydrogens (tertiary/aromatic N) is 2. The lowest BCUT2D eigenvalue weighted by Crippen LogP contribution is -2.27. The van der Waals surface area contributed by atoms with Crippen molar-refractivity contribution in [1.29, 1.82) is 0 Å². The summed E-state index contributed by atoms with van der Waals surface area (Å²) in [6.07, 6.45) is 3.27.